The first-order valence-corrected chi connectivity index (χ1v) is 10.2. The first-order chi connectivity index (χ1) is 14.1. The number of ether oxygens (including phenoxy) is 1. The molecule has 1 aliphatic rings. The number of carbonyl (C=O) groups is 2. The standard InChI is InChI=1S/C24H29NO5/c1-23(2,3)30-22(29)24(15-16-9-11-18(12-10-16)21(27)28)14-13-19(25-24)20(26)17-7-5-4-6-8-17/h4-12,19-20,25-26H,13-15H2,1-3H3,(H,27,28)/t19-,20-,24+/m1/s1. The topological polar surface area (TPSA) is 95.9 Å². The van der Waals surface area contributed by atoms with E-state index in [1.54, 1.807) is 12.1 Å². The number of benzene rings is 2. The van der Waals surface area contributed by atoms with Crippen LogP contribution in [0.2, 0.25) is 0 Å². The van der Waals surface area contributed by atoms with Crippen molar-refractivity contribution in [3.05, 3.63) is 71.3 Å². The van der Waals surface area contributed by atoms with Gasteiger partial charge in [-0.3, -0.25) is 10.1 Å². The second kappa shape index (κ2) is 8.58. The van der Waals surface area contributed by atoms with Crippen molar-refractivity contribution < 1.29 is 24.5 Å². The van der Waals surface area contributed by atoms with Gasteiger partial charge >= 0.3 is 11.9 Å². The molecule has 160 valence electrons. The lowest BCUT2D eigenvalue weighted by Crippen LogP contribution is -2.55. The maximum Gasteiger partial charge on any atom is 0.335 e. The molecule has 0 radical (unpaired) electrons. The molecule has 1 fully saturated rings. The van der Waals surface area contributed by atoms with E-state index in [1.165, 1.54) is 12.1 Å². The second-order valence-electron chi connectivity index (χ2n) is 8.91. The smallest absolute Gasteiger partial charge is 0.335 e. The highest BCUT2D eigenvalue weighted by Crippen LogP contribution is 2.35. The van der Waals surface area contributed by atoms with Crippen LogP contribution in [0.25, 0.3) is 0 Å². The molecule has 3 atom stereocenters. The minimum atomic E-state index is -0.992. The largest absolute Gasteiger partial charge is 0.478 e. The fraction of sp³-hybridized carbons (Fsp3) is 0.417. The zero-order chi connectivity index (χ0) is 21.9. The van der Waals surface area contributed by atoms with Crippen LogP contribution in [0.1, 0.15) is 61.2 Å². The summed E-state index contributed by atoms with van der Waals surface area (Å²) in [5.74, 6) is -1.35. The number of carboxylic acids is 1. The summed E-state index contributed by atoms with van der Waals surface area (Å²) >= 11 is 0. The summed E-state index contributed by atoms with van der Waals surface area (Å²) in [6, 6.07) is 15.6. The Morgan fingerprint density at radius 1 is 1.13 bits per heavy atom. The number of hydrogen-bond donors (Lipinski definition) is 3. The fourth-order valence-corrected chi connectivity index (χ4v) is 3.88. The molecule has 0 amide bonds. The van der Waals surface area contributed by atoms with Crippen LogP contribution in [-0.4, -0.2) is 39.3 Å². The molecule has 30 heavy (non-hydrogen) atoms. The first-order valence-electron chi connectivity index (χ1n) is 10.2. The van der Waals surface area contributed by atoms with Crippen LogP contribution in [0.3, 0.4) is 0 Å². The normalized spacial score (nSPS) is 22.5. The van der Waals surface area contributed by atoms with E-state index in [9.17, 15) is 14.7 Å². The predicted octanol–water partition coefficient (Wildman–Crippen LogP) is 3.49. The maximum atomic E-state index is 13.2. The monoisotopic (exact) mass is 411 g/mol. The van der Waals surface area contributed by atoms with Crippen LogP contribution in [0.15, 0.2) is 54.6 Å². The molecule has 2 aromatic carbocycles. The van der Waals surface area contributed by atoms with Crippen LogP contribution in [0.5, 0.6) is 0 Å². The number of aliphatic hydroxyl groups excluding tert-OH is 1. The Hall–Kier alpha value is -2.70. The zero-order valence-corrected chi connectivity index (χ0v) is 17.6. The first kappa shape index (κ1) is 22.0. The number of rotatable bonds is 6. The Balaban J connectivity index is 1.85. The summed E-state index contributed by atoms with van der Waals surface area (Å²) in [5, 5.41) is 23.3. The third-order valence-corrected chi connectivity index (χ3v) is 5.36. The molecule has 3 rings (SSSR count). The Morgan fingerprint density at radius 3 is 2.33 bits per heavy atom. The molecule has 0 aliphatic carbocycles. The third kappa shape index (κ3) is 5.07. The number of hydrogen-bond acceptors (Lipinski definition) is 5. The summed E-state index contributed by atoms with van der Waals surface area (Å²) in [6.07, 6.45) is 0.726. The van der Waals surface area contributed by atoms with E-state index in [4.69, 9.17) is 9.84 Å². The van der Waals surface area contributed by atoms with Crippen molar-refractivity contribution in [1.29, 1.82) is 0 Å². The van der Waals surface area contributed by atoms with Gasteiger partial charge in [0.05, 0.1) is 11.7 Å². The Kier molecular flexibility index (Phi) is 6.29. The lowest BCUT2D eigenvalue weighted by molar-refractivity contribution is -0.163. The number of carboxylic acid groups (broad SMARTS) is 1. The molecule has 6 nitrogen and oxygen atoms in total. The van der Waals surface area contributed by atoms with Gasteiger partial charge in [-0.1, -0.05) is 42.5 Å². The summed E-state index contributed by atoms with van der Waals surface area (Å²) in [5.41, 5.74) is 0.184. The highest BCUT2D eigenvalue weighted by molar-refractivity contribution is 5.87. The van der Waals surface area contributed by atoms with Crippen LogP contribution in [0.4, 0.5) is 0 Å². The van der Waals surface area contributed by atoms with Crippen LogP contribution >= 0.6 is 0 Å². The average Bonchev–Trinajstić information content (AvgIpc) is 3.12. The molecule has 2 aromatic rings. The van der Waals surface area contributed by atoms with Crippen molar-refractivity contribution in [3.63, 3.8) is 0 Å². The molecular weight excluding hydrogens is 382 g/mol. The highest BCUT2D eigenvalue weighted by Gasteiger charge is 2.49. The summed E-state index contributed by atoms with van der Waals surface area (Å²) in [6.45, 7) is 5.47. The quantitative estimate of drug-likeness (QED) is 0.630. The predicted molar refractivity (Wildman–Crippen MR) is 113 cm³/mol. The molecular formula is C24H29NO5. The van der Waals surface area contributed by atoms with E-state index < -0.39 is 23.2 Å². The molecule has 6 heteroatoms. The van der Waals surface area contributed by atoms with Crippen LogP contribution in [-0.2, 0) is 16.0 Å². The van der Waals surface area contributed by atoms with Gasteiger partial charge < -0.3 is 14.9 Å². The Morgan fingerprint density at radius 2 is 1.77 bits per heavy atom. The molecule has 1 aliphatic heterocycles. The number of nitrogens with one attached hydrogen (secondary N) is 1. The van der Waals surface area contributed by atoms with E-state index in [0.29, 0.717) is 19.3 Å². The number of esters is 1. The molecule has 0 spiro atoms. The SMILES string of the molecule is CC(C)(C)OC(=O)[C@@]1(Cc2ccc(C(=O)O)cc2)CC[C@H]([C@H](O)c2ccccc2)N1. The second-order valence-corrected chi connectivity index (χ2v) is 8.91. The zero-order valence-electron chi connectivity index (χ0n) is 17.6. The van der Waals surface area contributed by atoms with Crippen LogP contribution < -0.4 is 5.32 Å². The lowest BCUT2D eigenvalue weighted by Gasteiger charge is -2.33. The van der Waals surface area contributed by atoms with Crippen molar-refractivity contribution >= 4 is 11.9 Å². The number of aliphatic hydroxyl groups is 1. The molecule has 0 bridgehead atoms. The molecule has 0 aromatic heterocycles. The molecule has 0 saturated carbocycles. The Labute approximate surface area is 176 Å². The summed E-state index contributed by atoms with van der Waals surface area (Å²) in [4.78, 5) is 24.3. The van der Waals surface area contributed by atoms with Gasteiger partial charge in [-0.25, -0.2) is 4.79 Å². The van der Waals surface area contributed by atoms with Gasteiger partial charge in [-0.05, 0) is 56.9 Å². The van der Waals surface area contributed by atoms with Gasteiger partial charge in [0.1, 0.15) is 11.1 Å². The third-order valence-electron chi connectivity index (χ3n) is 5.36. The molecule has 0 unspecified atom stereocenters. The lowest BCUT2D eigenvalue weighted by atomic mass is 9.88. The van der Waals surface area contributed by atoms with Gasteiger partial charge in [-0.2, -0.15) is 0 Å². The van der Waals surface area contributed by atoms with Crippen LogP contribution in [0, 0.1) is 0 Å². The van der Waals surface area contributed by atoms with Crippen molar-refractivity contribution in [2.24, 2.45) is 0 Å². The molecule has 1 heterocycles. The highest BCUT2D eigenvalue weighted by atomic mass is 16.6. The maximum absolute atomic E-state index is 13.2. The van der Waals surface area contributed by atoms with E-state index in [1.807, 2.05) is 51.1 Å². The number of aromatic carboxylic acids is 1. The van der Waals surface area contributed by atoms with Gasteiger partial charge in [-0.15, -0.1) is 0 Å². The van der Waals surface area contributed by atoms with Gasteiger partial charge in [0.15, 0.2) is 0 Å². The van der Waals surface area contributed by atoms with Gasteiger partial charge in [0.2, 0.25) is 0 Å². The van der Waals surface area contributed by atoms with E-state index in [-0.39, 0.29) is 17.6 Å². The van der Waals surface area contributed by atoms with Crippen molar-refractivity contribution in [2.45, 2.75) is 63.3 Å². The van der Waals surface area contributed by atoms with E-state index >= 15 is 0 Å². The van der Waals surface area contributed by atoms with Crippen molar-refractivity contribution in [3.8, 4) is 0 Å². The number of carbonyl (C=O) groups excluding carboxylic acids is 1. The summed E-state index contributed by atoms with van der Waals surface area (Å²) < 4.78 is 5.72. The fourth-order valence-electron chi connectivity index (χ4n) is 3.88. The van der Waals surface area contributed by atoms with E-state index in [2.05, 4.69) is 5.32 Å². The van der Waals surface area contributed by atoms with Gasteiger partial charge in [0, 0.05) is 12.5 Å². The van der Waals surface area contributed by atoms with Crippen molar-refractivity contribution in [1.82, 2.24) is 5.32 Å². The minimum Gasteiger partial charge on any atom is -0.478 e. The summed E-state index contributed by atoms with van der Waals surface area (Å²) in [7, 11) is 0. The minimum absolute atomic E-state index is 0.196. The van der Waals surface area contributed by atoms with Crippen molar-refractivity contribution in [2.75, 3.05) is 0 Å². The molecule has 1 saturated heterocycles. The molecule has 3 N–H and O–H groups in total. The average molecular weight is 411 g/mol. The van der Waals surface area contributed by atoms with E-state index in [0.717, 1.165) is 11.1 Å². The Bertz CT molecular complexity index is 888. The van der Waals surface area contributed by atoms with Gasteiger partial charge in [0.25, 0.3) is 0 Å².